The second-order valence-corrected chi connectivity index (χ2v) is 6.19. The number of benzene rings is 2. The van der Waals surface area contributed by atoms with Crippen LogP contribution in [0.15, 0.2) is 64.9 Å². The molecule has 0 spiro atoms. The lowest BCUT2D eigenvalue weighted by Crippen LogP contribution is -2.17. The van der Waals surface area contributed by atoms with E-state index in [9.17, 15) is 4.79 Å². The zero-order chi connectivity index (χ0) is 18.4. The molecule has 0 aliphatic carbocycles. The Balaban J connectivity index is 1.62. The van der Waals surface area contributed by atoms with Crippen LogP contribution in [0.2, 0.25) is 0 Å². The van der Waals surface area contributed by atoms with Crippen LogP contribution in [-0.4, -0.2) is 33.0 Å². The summed E-state index contributed by atoms with van der Waals surface area (Å²) in [5.74, 6) is 0.715. The minimum atomic E-state index is -0.258. The monoisotopic (exact) mass is 357 g/mol. The van der Waals surface area contributed by atoms with Crippen LogP contribution >= 0.6 is 0 Å². The summed E-state index contributed by atoms with van der Waals surface area (Å²) < 4.78 is 6.47. The summed E-state index contributed by atoms with van der Waals surface area (Å²) >= 11 is 0. The van der Waals surface area contributed by atoms with E-state index in [0.29, 0.717) is 16.8 Å². The molecule has 0 aliphatic rings. The van der Waals surface area contributed by atoms with E-state index in [1.54, 1.807) is 13.3 Å². The Morgan fingerprint density at radius 2 is 2.04 bits per heavy atom. The van der Waals surface area contributed by atoms with Gasteiger partial charge in [0.15, 0.2) is 0 Å². The Kier molecular flexibility index (Phi) is 3.33. The highest BCUT2D eigenvalue weighted by Gasteiger charge is 2.11. The predicted octanol–water partition coefficient (Wildman–Crippen LogP) is 3.25. The molecule has 132 valence electrons. The Labute approximate surface area is 152 Å². The largest absolute Gasteiger partial charge is 0.497 e. The molecule has 7 heteroatoms. The quantitative estimate of drug-likeness (QED) is 0.486. The molecule has 2 N–H and O–H groups in total. The van der Waals surface area contributed by atoms with Gasteiger partial charge in [0, 0.05) is 34.1 Å². The first-order valence-corrected chi connectivity index (χ1v) is 8.42. The van der Waals surface area contributed by atoms with Gasteiger partial charge in [0.05, 0.1) is 18.8 Å². The molecule has 7 nitrogen and oxygen atoms in total. The number of fused-ring (bicyclic) bond motifs is 4. The number of nitrogens with one attached hydrogen (secondary N) is 2. The van der Waals surface area contributed by atoms with Crippen molar-refractivity contribution in [2.75, 3.05) is 7.11 Å². The summed E-state index contributed by atoms with van der Waals surface area (Å²) in [4.78, 5) is 23.5. The number of hydrogen-bond acceptors (Lipinski definition) is 4. The van der Waals surface area contributed by atoms with E-state index >= 15 is 0 Å². The van der Waals surface area contributed by atoms with Gasteiger partial charge in [-0.2, -0.15) is 9.78 Å². The molecule has 5 aromatic rings. The van der Waals surface area contributed by atoms with Crippen molar-refractivity contribution in [3.05, 3.63) is 70.9 Å². The van der Waals surface area contributed by atoms with E-state index < -0.39 is 0 Å². The number of aromatic amines is 2. The number of para-hydroxylation sites is 1. The van der Waals surface area contributed by atoms with Crippen LogP contribution in [0.3, 0.4) is 0 Å². The summed E-state index contributed by atoms with van der Waals surface area (Å²) in [7, 11) is 1.61. The number of methoxy groups -OCH3 is 1. The van der Waals surface area contributed by atoms with Gasteiger partial charge in [-0.1, -0.05) is 18.2 Å². The zero-order valence-corrected chi connectivity index (χ0v) is 14.4. The van der Waals surface area contributed by atoms with E-state index in [4.69, 9.17) is 4.74 Å². The molecule has 3 aromatic heterocycles. The van der Waals surface area contributed by atoms with E-state index in [2.05, 4.69) is 20.1 Å². The minimum absolute atomic E-state index is 0.258. The summed E-state index contributed by atoms with van der Waals surface area (Å²) in [6, 6.07) is 13.5. The van der Waals surface area contributed by atoms with Gasteiger partial charge in [0.2, 0.25) is 0 Å². The minimum Gasteiger partial charge on any atom is -0.497 e. The zero-order valence-electron chi connectivity index (χ0n) is 14.4. The van der Waals surface area contributed by atoms with Gasteiger partial charge in [-0.3, -0.25) is 4.79 Å². The second-order valence-electron chi connectivity index (χ2n) is 6.19. The van der Waals surface area contributed by atoms with Crippen LogP contribution in [0.4, 0.5) is 0 Å². The standard InChI is InChI=1S/C20H15N5O2/c1-27-13-6-7-15-17(8-13)24-19-18(15)22-11-25(20(19)26)23-10-12-9-21-16-5-3-2-4-14(12)16/h2-11,21,24H,1H3. The fourth-order valence-corrected chi connectivity index (χ4v) is 3.26. The maximum absolute atomic E-state index is 12.8. The van der Waals surface area contributed by atoms with Gasteiger partial charge < -0.3 is 14.7 Å². The van der Waals surface area contributed by atoms with Crippen molar-refractivity contribution in [2.24, 2.45) is 5.10 Å². The normalized spacial score (nSPS) is 11.9. The van der Waals surface area contributed by atoms with E-state index in [-0.39, 0.29) is 5.56 Å². The van der Waals surface area contributed by atoms with Gasteiger partial charge >= 0.3 is 0 Å². The Hall–Kier alpha value is -3.87. The van der Waals surface area contributed by atoms with Gasteiger partial charge in [0.25, 0.3) is 5.56 Å². The molecular weight excluding hydrogens is 342 g/mol. The van der Waals surface area contributed by atoms with Crippen molar-refractivity contribution >= 4 is 39.1 Å². The second kappa shape index (κ2) is 5.84. The molecule has 3 heterocycles. The van der Waals surface area contributed by atoms with Crippen molar-refractivity contribution in [3.63, 3.8) is 0 Å². The fraction of sp³-hybridized carbons (Fsp3) is 0.0500. The van der Waals surface area contributed by atoms with Crippen molar-refractivity contribution in [2.45, 2.75) is 0 Å². The number of H-pyrrole nitrogens is 2. The van der Waals surface area contributed by atoms with Gasteiger partial charge in [0.1, 0.15) is 23.1 Å². The van der Waals surface area contributed by atoms with E-state index in [1.807, 2.05) is 48.7 Å². The highest BCUT2D eigenvalue weighted by molar-refractivity contribution is 6.04. The third kappa shape index (κ3) is 2.40. The molecule has 0 amide bonds. The highest BCUT2D eigenvalue weighted by atomic mass is 16.5. The summed E-state index contributed by atoms with van der Waals surface area (Å²) in [5, 5.41) is 6.22. The van der Waals surface area contributed by atoms with Crippen LogP contribution in [0.5, 0.6) is 5.75 Å². The molecule has 0 saturated carbocycles. The molecule has 0 fully saturated rings. The lowest BCUT2D eigenvalue weighted by atomic mass is 10.2. The average Bonchev–Trinajstić information content (AvgIpc) is 3.28. The smallest absolute Gasteiger partial charge is 0.298 e. The van der Waals surface area contributed by atoms with Gasteiger partial charge in [-0.25, -0.2) is 4.98 Å². The first kappa shape index (κ1) is 15.4. The molecule has 2 aromatic carbocycles. The van der Waals surface area contributed by atoms with Crippen LogP contribution in [0.25, 0.3) is 32.8 Å². The van der Waals surface area contributed by atoms with Crippen molar-refractivity contribution < 1.29 is 4.74 Å². The number of aromatic nitrogens is 4. The van der Waals surface area contributed by atoms with Crippen LogP contribution in [0, 0.1) is 0 Å². The van der Waals surface area contributed by atoms with Crippen molar-refractivity contribution in [1.29, 1.82) is 0 Å². The van der Waals surface area contributed by atoms with E-state index in [1.165, 1.54) is 11.0 Å². The number of ether oxygens (including phenoxy) is 1. The molecular formula is C20H15N5O2. The summed E-state index contributed by atoms with van der Waals surface area (Å²) in [6.07, 6.45) is 4.95. The molecule has 27 heavy (non-hydrogen) atoms. The van der Waals surface area contributed by atoms with Gasteiger partial charge in [-0.15, -0.1) is 0 Å². The van der Waals surface area contributed by atoms with Crippen molar-refractivity contribution in [1.82, 2.24) is 19.6 Å². The van der Waals surface area contributed by atoms with Gasteiger partial charge in [-0.05, 0) is 18.2 Å². The van der Waals surface area contributed by atoms with Crippen LogP contribution < -0.4 is 10.3 Å². The molecule has 0 bridgehead atoms. The topological polar surface area (TPSA) is 88.1 Å². The molecule has 0 radical (unpaired) electrons. The predicted molar refractivity (Wildman–Crippen MR) is 106 cm³/mol. The molecule has 5 rings (SSSR count). The lowest BCUT2D eigenvalue weighted by molar-refractivity contribution is 0.415. The Bertz CT molecular complexity index is 1390. The maximum atomic E-state index is 12.8. The maximum Gasteiger partial charge on any atom is 0.298 e. The first-order valence-electron chi connectivity index (χ1n) is 8.42. The highest BCUT2D eigenvalue weighted by Crippen LogP contribution is 2.25. The Morgan fingerprint density at radius 3 is 2.93 bits per heavy atom. The molecule has 0 aliphatic heterocycles. The van der Waals surface area contributed by atoms with Crippen LogP contribution in [0.1, 0.15) is 5.56 Å². The SMILES string of the molecule is COc1ccc2c(c1)[nH]c1c(=O)n(N=Cc3c[nH]c4ccccc34)cnc12. The fourth-order valence-electron chi connectivity index (χ4n) is 3.26. The molecule has 0 unspecified atom stereocenters. The first-order chi connectivity index (χ1) is 13.2. The molecule has 0 atom stereocenters. The van der Waals surface area contributed by atoms with E-state index in [0.717, 1.165) is 27.4 Å². The lowest BCUT2D eigenvalue weighted by Gasteiger charge is -1.98. The number of nitrogens with zero attached hydrogens (tertiary/aromatic N) is 3. The molecule has 0 saturated heterocycles. The average molecular weight is 357 g/mol. The summed E-state index contributed by atoms with van der Waals surface area (Å²) in [6.45, 7) is 0. The third-order valence-electron chi connectivity index (χ3n) is 4.64. The number of rotatable bonds is 3. The number of hydrogen-bond donors (Lipinski definition) is 2. The van der Waals surface area contributed by atoms with Crippen molar-refractivity contribution in [3.8, 4) is 5.75 Å². The summed E-state index contributed by atoms with van der Waals surface area (Å²) in [5.41, 5.74) is 3.50. The Morgan fingerprint density at radius 1 is 1.15 bits per heavy atom. The third-order valence-corrected chi connectivity index (χ3v) is 4.64. The van der Waals surface area contributed by atoms with Crippen LogP contribution in [-0.2, 0) is 0 Å².